The summed E-state index contributed by atoms with van der Waals surface area (Å²) >= 11 is 0. The minimum atomic E-state index is -0.947. The summed E-state index contributed by atoms with van der Waals surface area (Å²) in [7, 11) is 0. The fraction of sp³-hybridized carbons (Fsp3) is 0.150. The van der Waals surface area contributed by atoms with Crippen LogP contribution in [0.3, 0.4) is 0 Å². The van der Waals surface area contributed by atoms with Crippen LogP contribution in [-0.2, 0) is 0 Å². The van der Waals surface area contributed by atoms with E-state index < -0.39 is 6.10 Å². The minimum Gasteiger partial charge on any atom is -0.491 e. The van der Waals surface area contributed by atoms with Gasteiger partial charge in [-0.3, -0.25) is 15.1 Å². The van der Waals surface area contributed by atoms with Crippen molar-refractivity contribution in [3.63, 3.8) is 0 Å². The third kappa shape index (κ3) is 5.28. The van der Waals surface area contributed by atoms with Gasteiger partial charge in [-0.25, -0.2) is 0 Å². The zero-order valence-corrected chi connectivity index (χ0v) is 18.4. The first-order valence-corrected chi connectivity index (χ1v) is 8.84. The van der Waals surface area contributed by atoms with E-state index in [0.29, 0.717) is 11.3 Å². The van der Waals surface area contributed by atoms with E-state index in [4.69, 9.17) is 19.2 Å². The molecule has 1 atom stereocenters. The summed E-state index contributed by atoms with van der Waals surface area (Å²) in [6.07, 6.45) is -0.947. The average molecular weight is 427 g/mol. The molecule has 1 N–H and O–H groups in total. The van der Waals surface area contributed by atoms with Gasteiger partial charge in [-0.05, 0) is 36.4 Å². The maximum atomic E-state index is 12.6. The van der Waals surface area contributed by atoms with E-state index in [0.717, 1.165) is 0 Å². The van der Waals surface area contributed by atoms with Crippen LogP contribution in [0.4, 0.5) is 0 Å². The van der Waals surface area contributed by atoms with Crippen molar-refractivity contribution in [3.8, 4) is 29.2 Å². The topological polar surface area (TPSA) is 145 Å². The van der Waals surface area contributed by atoms with Crippen molar-refractivity contribution >= 4 is 11.0 Å². The largest absolute Gasteiger partial charge is 1.00 e. The van der Waals surface area contributed by atoms with Crippen LogP contribution in [0, 0.1) is 11.3 Å². The van der Waals surface area contributed by atoms with Crippen molar-refractivity contribution in [1.29, 1.82) is 5.26 Å². The second kappa shape index (κ2) is 10.2. The monoisotopic (exact) mass is 427 g/mol. The van der Waals surface area contributed by atoms with Gasteiger partial charge >= 0.3 is 29.6 Å². The molecule has 0 aliphatic heterocycles. The van der Waals surface area contributed by atoms with Crippen LogP contribution < -0.4 is 49.6 Å². The first-order chi connectivity index (χ1) is 14.6. The van der Waals surface area contributed by atoms with Gasteiger partial charge in [0.25, 0.3) is 0 Å². The van der Waals surface area contributed by atoms with Crippen LogP contribution in [0.1, 0.15) is 5.56 Å². The van der Waals surface area contributed by atoms with Crippen LogP contribution in [0.2, 0.25) is 0 Å². The number of nitrogens with zero attached hydrogens (tertiary/aromatic N) is 5. The zero-order valence-electron chi connectivity index (χ0n) is 16.4. The van der Waals surface area contributed by atoms with E-state index in [1.54, 1.807) is 42.5 Å². The number of nitriles is 1. The fourth-order valence-corrected chi connectivity index (χ4v) is 2.70. The van der Waals surface area contributed by atoms with Gasteiger partial charge in [-0.2, -0.15) is 10.5 Å². The Labute approximate surface area is 197 Å². The summed E-state index contributed by atoms with van der Waals surface area (Å²) < 4.78 is 16.8. The first kappa shape index (κ1) is 22.5. The van der Waals surface area contributed by atoms with E-state index >= 15 is 0 Å². The summed E-state index contributed by atoms with van der Waals surface area (Å²) in [5, 5.41) is 33.3. The van der Waals surface area contributed by atoms with Gasteiger partial charge in [0.1, 0.15) is 47.5 Å². The molecule has 2 aromatic heterocycles. The Balaban J connectivity index is 0.00000272. The van der Waals surface area contributed by atoms with Crippen LogP contribution in [-0.4, -0.2) is 39.9 Å². The molecule has 31 heavy (non-hydrogen) atoms. The maximum absolute atomic E-state index is 12.6. The molecule has 0 aliphatic carbocycles. The standard InChI is InChI=1S/C20H15N5O5.Na/c21-9-12-4-6-14(7-5-12)28-10-13(26)11-29-16-2-1-3-17-19(16)15(27)8-18(30-17)20-22-24-25-23-20;/h1-8,13,26H,10-11H2,(H,22,23,24,25,27);/q;+1/p-1. The third-order valence-electron chi connectivity index (χ3n) is 4.11. The molecule has 10 nitrogen and oxygen atoms in total. The zero-order chi connectivity index (χ0) is 20.9. The SMILES string of the molecule is N#Cc1ccc(OCC(O)COc2cccc3oc(-c4nnn[n-]4)cc(=O)c23)cc1.[Na+]. The van der Waals surface area contributed by atoms with Gasteiger partial charge in [0.15, 0.2) is 5.43 Å². The Morgan fingerprint density at radius 3 is 2.65 bits per heavy atom. The molecule has 0 aliphatic rings. The van der Waals surface area contributed by atoms with Gasteiger partial charge in [0.05, 0.1) is 17.5 Å². The smallest absolute Gasteiger partial charge is 0.491 e. The van der Waals surface area contributed by atoms with Crippen LogP contribution in [0.5, 0.6) is 11.5 Å². The molecule has 0 fully saturated rings. The Hall–Kier alpha value is -3.23. The molecule has 150 valence electrons. The molecule has 0 spiro atoms. The molecule has 2 heterocycles. The van der Waals surface area contributed by atoms with E-state index in [2.05, 4.69) is 20.6 Å². The van der Waals surface area contributed by atoms with Crippen LogP contribution >= 0.6 is 0 Å². The normalized spacial score (nSPS) is 11.4. The molecule has 4 aromatic rings. The average Bonchev–Trinajstić information content (AvgIpc) is 3.31. The summed E-state index contributed by atoms with van der Waals surface area (Å²) in [5.41, 5.74) is 0.444. The number of hydrogen-bond acceptors (Lipinski definition) is 9. The van der Waals surface area contributed by atoms with Crippen molar-refractivity contribution in [2.75, 3.05) is 13.2 Å². The van der Waals surface area contributed by atoms with Crippen molar-refractivity contribution in [1.82, 2.24) is 20.6 Å². The van der Waals surface area contributed by atoms with Crippen LogP contribution in [0.25, 0.3) is 22.6 Å². The number of aromatic nitrogens is 4. The summed E-state index contributed by atoms with van der Waals surface area (Å²) in [6.45, 7) is -0.125. The van der Waals surface area contributed by atoms with Crippen molar-refractivity contribution in [2.24, 2.45) is 0 Å². The Morgan fingerprint density at radius 2 is 1.94 bits per heavy atom. The quantitative estimate of drug-likeness (QED) is 0.339. The third-order valence-corrected chi connectivity index (χ3v) is 4.11. The van der Waals surface area contributed by atoms with E-state index in [1.807, 2.05) is 6.07 Å². The number of benzene rings is 2. The van der Waals surface area contributed by atoms with Crippen LogP contribution in [0.15, 0.2) is 57.7 Å². The Bertz CT molecular complexity index is 1250. The van der Waals surface area contributed by atoms with Gasteiger partial charge in [-0.1, -0.05) is 6.07 Å². The molecule has 2 aromatic carbocycles. The number of fused-ring (bicyclic) bond motifs is 1. The van der Waals surface area contributed by atoms with Crippen molar-refractivity contribution in [3.05, 3.63) is 64.3 Å². The predicted molar refractivity (Wildman–Crippen MR) is 103 cm³/mol. The molecule has 0 bridgehead atoms. The Kier molecular flexibility index (Phi) is 7.38. The number of aliphatic hydroxyl groups is 1. The predicted octanol–water partition coefficient (Wildman–Crippen LogP) is -1.70. The molecule has 0 saturated carbocycles. The maximum Gasteiger partial charge on any atom is 1.00 e. The molecule has 0 saturated heterocycles. The number of tetrazole rings is 1. The summed E-state index contributed by atoms with van der Waals surface area (Å²) in [5.74, 6) is 1.04. The number of rotatable bonds is 7. The minimum absolute atomic E-state index is 0. The second-order valence-electron chi connectivity index (χ2n) is 6.22. The molecular formula is C20H14N5NaO5. The van der Waals surface area contributed by atoms with E-state index in [9.17, 15) is 9.90 Å². The van der Waals surface area contributed by atoms with Crippen molar-refractivity contribution in [2.45, 2.75) is 6.10 Å². The second-order valence-corrected chi connectivity index (χ2v) is 6.22. The molecular weight excluding hydrogens is 413 g/mol. The molecule has 11 heteroatoms. The number of aliphatic hydroxyl groups excluding tert-OH is 1. The van der Waals surface area contributed by atoms with Gasteiger partial charge < -0.3 is 24.1 Å². The van der Waals surface area contributed by atoms with Gasteiger partial charge in [0.2, 0.25) is 0 Å². The molecule has 4 rings (SSSR count). The summed E-state index contributed by atoms with van der Waals surface area (Å²) in [4.78, 5) is 12.6. The molecule has 1 unspecified atom stereocenters. The molecule has 0 radical (unpaired) electrons. The van der Waals surface area contributed by atoms with E-state index in [-0.39, 0.29) is 76.5 Å². The van der Waals surface area contributed by atoms with Gasteiger partial charge in [-0.15, -0.1) is 0 Å². The van der Waals surface area contributed by atoms with Gasteiger partial charge in [0, 0.05) is 6.07 Å². The van der Waals surface area contributed by atoms with Crippen molar-refractivity contribution < 1.29 is 48.6 Å². The number of hydrogen-bond donors (Lipinski definition) is 1. The number of ether oxygens (including phenoxy) is 2. The Morgan fingerprint density at radius 1 is 1.16 bits per heavy atom. The first-order valence-electron chi connectivity index (χ1n) is 8.84. The van der Waals surface area contributed by atoms with E-state index in [1.165, 1.54) is 6.07 Å². The fourth-order valence-electron chi connectivity index (χ4n) is 2.70. The molecule has 0 amide bonds. The summed E-state index contributed by atoms with van der Waals surface area (Å²) in [6, 6.07) is 14.6.